The first-order valence-electron chi connectivity index (χ1n) is 9.76. The minimum atomic E-state index is -0.578. The lowest BCUT2D eigenvalue weighted by Crippen LogP contribution is -2.36. The van der Waals surface area contributed by atoms with Gasteiger partial charge in [-0.2, -0.15) is 0 Å². The van der Waals surface area contributed by atoms with Gasteiger partial charge in [-0.05, 0) is 67.7 Å². The number of nitrogens with zero attached hydrogens (tertiary/aromatic N) is 2. The van der Waals surface area contributed by atoms with Gasteiger partial charge in [0.05, 0.1) is 17.3 Å². The molecule has 2 aromatic carbocycles. The second-order valence-electron chi connectivity index (χ2n) is 7.76. The number of halogens is 3. The summed E-state index contributed by atoms with van der Waals surface area (Å²) in [5.41, 5.74) is 3.46. The molecule has 1 atom stereocenters. The fourth-order valence-electron chi connectivity index (χ4n) is 3.86. The second kappa shape index (κ2) is 9.63. The van der Waals surface area contributed by atoms with Crippen LogP contribution < -0.4 is 0 Å². The average Bonchev–Trinajstić information content (AvgIpc) is 2.69. The molecule has 4 rings (SSSR count). The third-order valence-electron chi connectivity index (χ3n) is 5.61. The van der Waals surface area contributed by atoms with Gasteiger partial charge in [0.25, 0.3) is 0 Å². The Kier molecular flexibility index (Phi) is 7.42. The Bertz CT molecular complexity index is 970. The van der Waals surface area contributed by atoms with E-state index in [4.69, 9.17) is 28.2 Å². The lowest BCUT2D eigenvalue weighted by Gasteiger charge is -2.32. The smallest absolute Gasteiger partial charge is 0.0924 e. The summed E-state index contributed by atoms with van der Waals surface area (Å²) >= 11 is 12.2. The summed E-state index contributed by atoms with van der Waals surface area (Å²) in [4.78, 5) is 7.14. The van der Waals surface area contributed by atoms with E-state index in [1.165, 1.54) is 12.8 Å². The van der Waals surface area contributed by atoms with E-state index < -0.39 is 6.10 Å². The van der Waals surface area contributed by atoms with Crippen molar-refractivity contribution in [2.24, 2.45) is 5.92 Å². The predicted molar refractivity (Wildman–Crippen MR) is 124 cm³/mol. The summed E-state index contributed by atoms with van der Waals surface area (Å²) in [5, 5.41) is 13.4. The molecule has 0 amide bonds. The quantitative estimate of drug-likeness (QED) is 0.499. The van der Waals surface area contributed by atoms with E-state index >= 15 is 0 Å². The van der Waals surface area contributed by atoms with Crippen LogP contribution in [0.5, 0.6) is 0 Å². The molecule has 1 saturated heterocycles. The molecular formula is C23H25Cl3N2O. The van der Waals surface area contributed by atoms with Crippen LogP contribution in [0.15, 0.2) is 48.5 Å². The number of rotatable bonds is 4. The Hall–Kier alpha value is -1.36. The van der Waals surface area contributed by atoms with Crippen molar-refractivity contribution in [3.05, 3.63) is 64.1 Å². The maximum Gasteiger partial charge on any atom is 0.0924 e. The number of hydrogen-bond donors (Lipinski definition) is 1. The standard InChI is InChI=1S/C23H24Cl2N2O.ClH/c1-15-8-10-27(11-9-15)14-23(28)20-13-21(16-2-4-17(24)5-3-16)26-22-12-18(25)6-7-19(20)22;/h2-7,12-13,15,23,28H,8-11,14H2,1H3;1H. The molecule has 1 aliphatic heterocycles. The highest BCUT2D eigenvalue weighted by molar-refractivity contribution is 6.31. The number of benzene rings is 2. The lowest BCUT2D eigenvalue weighted by atomic mass is 9.97. The van der Waals surface area contributed by atoms with Gasteiger partial charge in [-0.15, -0.1) is 12.4 Å². The number of aliphatic hydroxyl groups is 1. The zero-order valence-corrected chi connectivity index (χ0v) is 18.6. The highest BCUT2D eigenvalue weighted by Crippen LogP contribution is 2.31. The van der Waals surface area contributed by atoms with Gasteiger partial charge in [0.2, 0.25) is 0 Å². The third kappa shape index (κ3) is 5.22. The van der Waals surface area contributed by atoms with Gasteiger partial charge in [0.1, 0.15) is 0 Å². The van der Waals surface area contributed by atoms with Crippen LogP contribution in [0.3, 0.4) is 0 Å². The van der Waals surface area contributed by atoms with Crippen molar-refractivity contribution in [1.82, 2.24) is 9.88 Å². The molecule has 2 heterocycles. The van der Waals surface area contributed by atoms with Crippen LogP contribution in [0.25, 0.3) is 22.2 Å². The molecule has 3 aromatic rings. The highest BCUT2D eigenvalue weighted by Gasteiger charge is 2.21. The molecular weight excluding hydrogens is 427 g/mol. The zero-order valence-electron chi connectivity index (χ0n) is 16.3. The van der Waals surface area contributed by atoms with Crippen molar-refractivity contribution in [2.75, 3.05) is 19.6 Å². The average molecular weight is 452 g/mol. The summed E-state index contributed by atoms with van der Waals surface area (Å²) in [5.74, 6) is 0.772. The third-order valence-corrected chi connectivity index (χ3v) is 6.10. The van der Waals surface area contributed by atoms with Crippen molar-refractivity contribution >= 4 is 46.5 Å². The van der Waals surface area contributed by atoms with E-state index in [9.17, 15) is 5.11 Å². The maximum absolute atomic E-state index is 11.1. The minimum absolute atomic E-state index is 0. The van der Waals surface area contributed by atoms with Crippen LogP contribution >= 0.6 is 35.6 Å². The summed E-state index contributed by atoms with van der Waals surface area (Å²) in [6.07, 6.45) is 1.80. The Morgan fingerprint density at radius 1 is 1.03 bits per heavy atom. The van der Waals surface area contributed by atoms with Gasteiger partial charge in [0.15, 0.2) is 0 Å². The van der Waals surface area contributed by atoms with Crippen LogP contribution in [0.1, 0.15) is 31.4 Å². The number of fused-ring (bicyclic) bond motifs is 1. The van der Waals surface area contributed by atoms with Gasteiger partial charge in [-0.1, -0.05) is 48.3 Å². The zero-order chi connectivity index (χ0) is 19.7. The molecule has 1 aromatic heterocycles. The molecule has 0 bridgehead atoms. The molecule has 1 fully saturated rings. The molecule has 6 heteroatoms. The molecule has 0 saturated carbocycles. The van der Waals surface area contributed by atoms with Crippen molar-refractivity contribution in [3.8, 4) is 11.3 Å². The highest BCUT2D eigenvalue weighted by atomic mass is 35.5. The SMILES string of the molecule is CC1CCN(CC(O)c2cc(-c3ccc(Cl)cc3)nc3cc(Cl)ccc23)CC1.Cl. The Morgan fingerprint density at radius 2 is 1.69 bits per heavy atom. The number of likely N-dealkylation sites (tertiary alicyclic amines) is 1. The summed E-state index contributed by atoms with van der Waals surface area (Å²) in [6.45, 7) is 5.01. The normalized spacial score (nSPS) is 16.6. The van der Waals surface area contributed by atoms with Crippen LogP contribution in [0, 0.1) is 5.92 Å². The number of hydrogen-bond acceptors (Lipinski definition) is 3. The molecule has 1 unspecified atom stereocenters. The topological polar surface area (TPSA) is 36.4 Å². The predicted octanol–water partition coefficient (Wildman–Crippen LogP) is 6.40. The molecule has 0 radical (unpaired) electrons. The van der Waals surface area contributed by atoms with Crippen LogP contribution in [-0.4, -0.2) is 34.6 Å². The molecule has 29 heavy (non-hydrogen) atoms. The number of pyridine rings is 1. The number of aromatic nitrogens is 1. The van der Waals surface area contributed by atoms with Crippen molar-refractivity contribution in [3.63, 3.8) is 0 Å². The summed E-state index contributed by atoms with van der Waals surface area (Å²) in [7, 11) is 0. The van der Waals surface area contributed by atoms with E-state index in [1.807, 2.05) is 48.5 Å². The second-order valence-corrected chi connectivity index (χ2v) is 8.64. The largest absolute Gasteiger partial charge is 0.387 e. The van der Waals surface area contributed by atoms with Crippen LogP contribution in [-0.2, 0) is 0 Å². The molecule has 1 aliphatic rings. The van der Waals surface area contributed by atoms with Crippen LogP contribution in [0.2, 0.25) is 10.0 Å². The number of aliphatic hydroxyl groups excluding tert-OH is 1. The van der Waals surface area contributed by atoms with Crippen LogP contribution in [0.4, 0.5) is 0 Å². The Morgan fingerprint density at radius 3 is 2.38 bits per heavy atom. The van der Waals surface area contributed by atoms with Gasteiger partial charge < -0.3 is 10.0 Å². The summed E-state index contributed by atoms with van der Waals surface area (Å²) in [6, 6.07) is 15.3. The van der Waals surface area contributed by atoms with E-state index in [-0.39, 0.29) is 12.4 Å². The Balaban J connectivity index is 0.00000240. The van der Waals surface area contributed by atoms with Gasteiger partial charge >= 0.3 is 0 Å². The first-order valence-corrected chi connectivity index (χ1v) is 10.5. The van der Waals surface area contributed by atoms with E-state index in [1.54, 1.807) is 0 Å². The molecule has 154 valence electrons. The molecule has 0 aliphatic carbocycles. The van der Waals surface area contributed by atoms with Gasteiger partial charge in [0, 0.05) is 27.5 Å². The van der Waals surface area contributed by atoms with Crippen molar-refractivity contribution in [1.29, 1.82) is 0 Å². The van der Waals surface area contributed by atoms with E-state index in [2.05, 4.69) is 11.8 Å². The first-order chi connectivity index (χ1) is 13.5. The number of piperidine rings is 1. The fourth-order valence-corrected chi connectivity index (χ4v) is 4.15. The first kappa shape index (κ1) is 22.3. The summed E-state index contributed by atoms with van der Waals surface area (Å²) < 4.78 is 0. The van der Waals surface area contributed by atoms with E-state index in [0.717, 1.165) is 46.7 Å². The monoisotopic (exact) mass is 450 g/mol. The lowest BCUT2D eigenvalue weighted by molar-refractivity contribution is 0.0925. The molecule has 0 spiro atoms. The Labute approximate surface area is 188 Å². The van der Waals surface area contributed by atoms with Crippen molar-refractivity contribution < 1.29 is 5.11 Å². The minimum Gasteiger partial charge on any atom is -0.387 e. The number of β-amino-alcohol motifs (C(OH)–C–C–N with tert-alkyl or cyclic N) is 1. The maximum atomic E-state index is 11.1. The molecule has 1 N–H and O–H groups in total. The van der Waals surface area contributed by atoms with Gasteiger partial charge in [-0.25, -0.2) is 4.98 Å². The molecule has 3 nitrogen and oxygen atoms in total. The fraction of sp³-hybridized carbons (Fsp3) is 0.348. The van der Waals surface area contributed by atoms with Crippen molar-refractivity contribution in [2.45, 2.75) is 25.9 Å². The van der Waals surface area contributed by atoms with E-state index in [0.29, 0.717) is 16.6 Å². The van der Waals surface area contributed by atoms with Gasteiger partial charge in [-0.3, -0.25) is 0 Å².